The summed E-state index contributed by atoms with van der Waals surface area (Å²) in [7, 11) is 0. The topological polar surface area (TPSA) is 42.1 Å². The van der Waals surface area contributed by atoms with Gasteiger partial charge in [0.25, 0.3) is 0 Å². The molecule has 1 aromatic heterocycles. The number of aromatic nitrogens is 1. The number of carbonyl (C=O) groups excluding carboxylic acids is 1. The molecular formula is C13H12F3NO2. The van der Waals surface area contributed by atoms with Gasteiger partial charge in [0, 0.05) is 22.7 Å². The van der Waals surface area contributed by atoms with Crippen LogP contribution in [-0.2, 0) is 4.74 Å². The third-order valence-corrected chi connectivity index (χ3v) is 2.71. The molecule has 2 rings (SSSR count). The Bertz CT molecular complexity index is 601. The lowest BCUT2D eigenvalue weighted by molar-refractivity contribution is -0.170. The number of hydrogen-bond donors (Lipinski definition) is 1. The molecule has 0 atom stereocenters. The van der Waals surface area contributed by atoms with Crippen molar-refractivity contribution in [2.45, 2.75) is 13.1 Å². The number of H-pyrrole nitrogens is 1. The predicted octanol–water partition coefficient (Wildman–Crippen LogP) is 3.24. The third-order valence-electron chi connectivity index (χ3n) is 2.71. The standard InChI is InChI=1S/C13H12F3NO2/c1-8-3-2-4-10-12(8)9(5-17-10)11(18)6-19-7-13(14,15)16/h2-5,17H,6-7H2,1H3. The molecule has 0 bridgehead atoms. The monoisotopic (exact) mass is 271 g/mol. The Morgan fingerprint density at radius 2 is 2.11 bits per heavy atom. The number of ketones is 1. The predicted molar refractivity (Wildman–Crippen MR) is 64.2 cm³/mol. The lowest BCUT2D eigenvalue weighted by atomic mass is 10.1. The van der Waals surface area contributed by atoms with Gasteiger partial charge in [-0.2, -0.15) is 13.2 Å². The van der Waals surface area contributed by atoms with Gasteiger partial charge in [0.15, 0.2) is 5.78 Å². The zero-order chi connectivity index (χ0) is 14.0. The largest absolute Gasteiger partial charge is 0.411 e. The molecule has 102 valence electrons. The Balaban J connectivity index is 2.14. The van der Waals surface area contributed by atoms with Gasteiger partial charge in [0.1, 0.15) is 13.2 Å². The van der Waals surface area contributed by atoms with E-state index in [1.807, 2.05) is 19.1 Å². The number of aromatic amines is 1. The van der Waals surface area contributed by atoms with E-state index in [-0.39, 0.29) is 0 Å². The van der Waals surface area contributed by atoms with Crippen molar-refractivity contribution >= 4 is 16.7 Å². The first kappa shape index (κ1) is 13.6. The Morgan fingerprint density at radius 1 is 1.37 bits per heavy atom. The van der Waals surface area contributed by atoms with Crippen molar-refractivity contribution in [1.29, 1.82) is 0 Å². The van der Waals surface area contributed by atoms with Crippen molar-refractivity contribution in [1.82, 2.24) is 4.98 Å². The second-order valence-electron chi connectivity index (χ2n) is 4.23. The highest BCUT2D eigenvalue weighted by Gasteiger charge is 2.28. The average Bonchev–Trinajstić information content (AvgIpc) is 2.72. The van der Waals surface area contributed by atoms with Crippen LogP contribution in [0.4, 0.5) is 13.2 Å². The smallest absolute Gasteiger partial charge is 0.364 e. The summed E-state index contributed by atoms with van der Waals surface area (Å²) in [5, 5.41) is 0.725. The van der Waals surface area contributed by atoms with Crippen LogP contribution in [0.5, 0.6) is 0 Å². The fourth-order valence-electron chi connectivity index (χ4n) is 1.92. The maximum Gasteiger partial charge on any atom is 0.411 e. The Morgan fingerprint density at radius 3 is 2.79 bits per heavy atom. The molecule has 0 aliphatic carbocycles. The molecule has 0 saturated carbocycles. The first-order valence-corrected chi connectivity index (χ1v) is 5.63. The van der Waals surface area contributed by atoms with Gasteiger partial charge in [-0.25, -0.2) is 0 Å². The van der Waals surface area contributed by atoms with E-state index in [1.54, 1.807) is 6.07 Å². The van der Waals surface area contributed by atoms with E-state index >= 15 is 0 Å². The van der Waals surface area contributed by atoms with E-state index in [2.05, 4.69) is 9.72 Å². The zero-order valence-electron chi connectivity index (χ0n) is 10.2. The molecule has 0 amide bonds. The summed E-state index contributed by atoms with van der Waals surface area (Å²) in [5.74, 6) is -0.468. The summed E-state index contributed by atoms with van der Waals surface area (Å²) < 4.78 is 40.2. The maximum absolute atomic E-state index is 11.9. The lowest BCUT2D eigenvalue weighted by Crippen LogP contribution is -2.20. The van der Waals surface area contributed by atoms with Gasteiger partial charge in [-0.3, -0.25) is 4.79 Å². The second-order valence-corrected chi connectivity index (χ2v) is 4.23. The van der Waals surface area contributed by atoms with E-state index in [0.717, 1.165) is 16.5 Å². The summed E-state index contributed by atoms with van der Waals surface area (Å²) in [4.78, 5) is 14.8. The number of ether oxygens (including phenoxy) is 1. The maximum atomic E-state index is 11.9. The number of alkyl halides is 3. The number of rotatable bonds is 4. The minimum Gasteiger partial charge on any atom is -0.364 e. The van der Waals surface area contributed by atoms with Gasteiger partial charge in [0.2, 0.25) is 0 Å². The number of fused-ring (bicyclic) bond motifs is 1. The molecule has 0 spiro atoms. The van der Waals surface area contributed by atoms with E-state index < -0.39 is 25.2 Å². The van der Waals surface area contributed by atoms with Gasteiger partial charge in [-0.05, 0) is 18.6 Å². The molecule has 0 aliphatic heterocycles. The van der Waals surface area contributed by atoms with Gasteiger partial charge in [-0.1, -0.05) is 12.1 Å². The van der Waals surface area contributed by atoms with Crippen molar-refractivity contribution in [2.75, 3.05) is 13.2 Å². The molecule has 3 nitrogen and oxygen atoms in total. The highest BCUT2D eigenvalue weighted by molar-refractivity contribution is 6.09. The SMILES string of the molecule is Cc1cccc2[nH]cc(C(=O)COCC(F)(F)F)c12. The number of nitrogens with one attached hydrogen (secondary N) is 1. The van der Waals surface area contributed by atoms with Crippen LogP contribution < -0.4 is 0 Å². The van der Waals surface area contributed by atoms with Crippen molar-refractivity contribution in [3.8, 4) is 0 Å². The highest BCUT2D eigenvalue weighted by Crippen LogP contribution is 2.22. The normalized spacial score (nSPS) is 12.0. The van der Waals surface area contributed by atoms with Crippen LogP contribution >= 0.6 is 0 Å². The number of carbonyl (C=O) groups is 1. The van der Waals surface area contributed by atoms with E-state index in [0.29, 0.717) is 5.56 Å². The Labute approximate surface area is 107 Å². The van der Waals surface area contributed by atoms with Gasteiger partial charge >= 0.3 is 6.18 Å². The summed E-state index contributed by atoms with van der Waals surface area (Å²) in [6, 6.07) is 5.47. The van der Waals surface area contributed by atoms with Crippen LogP contribution in [0.3, 0.4) is 0 Å². The van der Waals surface area contributed by atoms with Crippen molar-refractivity contribution in [3.63, 3.8) is 0 Å². The number of halogens is 3. The van der Waals surface area contributed by atoms with Crippen LogP contribution in [0.15, 0.2) is 24.4 Å². The molecular weight excluding hydrogens is 259 g/mol. The summed E-state index contributed by atoms with van der Waals surface area (Å²) >= 11 is 0. The Hall–Kier alpha value is -1.82. The fourth-order valence-corrected chi connectivity index (χ4v) is 1.92. The highest BCUT2D eigenvalue weighted by atomic mass is 19.4. The van der Waals surface area contributed by atoms with Crippen molar-refractivity contribution in [2.24, 2.45) is 0 Å². The molecule has 0 fully saturated rings. The summed E-state index contributed by atoms with van der Waals surface area (Å²) in [6.07, 6.45) is -2.92. The number of hydrogen-bond acceptors (Lipinski definition) is 2. The Kier molecular flexibility index (Phi) is 3.61. The molecule has 6 heteroatoms. The molecule has 1 heterocycles. The van der Waals surface area contributed by atoms with Gasteiger partial charge in [0.05, 0.1) is 0 Å². The minimum absolute atomic E-state index is 0.357. The van der Waals surface area contributed by atoms with Crippen molar-refractivity contribution in [3.05, 3.63) is 35.5 Å². The van der Waals surface area contributed by atoms with Crippen LogP contribution in [0.25, 0.3) is 10.9 Å². The number of Topliss-reactive ketones (excluding diaryl/α,β-unsaturated/α-hetero) is 1. The summed E-state index contributed by atoms with van der Waals surface area (Å²) in [5.41, 5.74) is 2.02. The molecule has 0 saturated heterocycles. The minimum atomic E-state index is -4.42. The van der Waals surface area contributed by atoms with Crippen LogP contribution in [0.1, 0.15) is 15.9 Å². The van der Waals surface area contributed by atoms with Crippen LogP contribution in [0, 0.1) is 6.92 Å². The molecule has 0 aliphatic rings. The van der Waals surface area contributed by atoms with E-state index in [4.69, 9.17) is 0 Å². The molecule has 1 aromatic carbocycles. The van der Waals surface area contributed by atoms with Gasteiger partial charge < -0.3 is 9.72 Å². The first-order chi connectivity index (χ1) is 8.88. The van der Waals surface area contributed by atoms with E-state index in [1.165, 1.54) is 6.20 Å². The quantitative estimate of drug-likeness (QED) is 0.867. The second kappa shape index (κ2) is 5.05. The summed E-state index contributed by atoms with van der Waals surface area (Å²) in [6.45, 7) is -0.162. The lowest BCUT2D eigenvalue weighted by Gasteiger charge is -2.06. The van der Waals surface area contributed by atoms with Crippen LogP contribution in [-0.4, -0.2) is 30.2 Å². The molecule has 0 unspecified atom stereocenters. The third kappa shape index (κ3) is 3.14. The first-order valence-electron chi connectivity index (χ1n) is 5.63. The average molecular weight is 271 g/mol. The molecule has 1 N–H and O–H groups in total. The molecule has 0 radical (unpaired) electrons. The molecule has 19 heavy (non-hydrogen) atoms. The number of benzene rings is 1. The zero-order valence-corrected chi connectivity index (χ0v) is 10.2. The van der Waals surface area contributed by atoms with Crippen molar-refractivity contribution < 1.29 is 22.7 Å². The fraction of sp³-hybridized carbons (Fsp3) is 0.308. The number of aryl methyl sites for hydroxylation is 1. The van der Waals surface area contributed by atoms with Crippen LogP contribution in [0.2, 0.25) is 0 Å². The molecule has 2 aromatic rings. The van der Waals surface area contributed by atoms with Gasteiger partial charge in [-0.15, -0.1) is 0 Å². The van der Waals surface area contributed by atoms with E-state index in [9.17, 15) is 18.0 Å².